The van der Waals surface area contributed by atoms with E-state index in [1.54, 1.807) is 19.3 Å². The molecule has 130 valence electrons. The molecule has 0 unspecified atom stereocenters. The number of esters is 1. The van der Waals surface area contributed by atoms with Crippen molar-refractivity contribution >= 4 is 17.4 Å². The van der Waals surface area contributed by atoms with Crippen LogP contribution < -0.4 is 10.6 Å². The Hall–Kier alpha value is -3.08. The summed E-state index contributed by atoms with van der Waals surface area (Å²) in [6.07, 6.45) is 3.70. The maximum absolute atomic E-state index is 11.3. The minimum atomic E-state index is -0.264. The van der Waals surface area contributed by atoms with Gasteiger partial charge in [-0.25, -0.2) is 0 Å². The SMILES string of the molecule is CN/C=C\C(=N)c1cc(-c2ccccc2)ccc1NCCC(=O)OC. The van der Waals surface area contributed by atoms with E-state index < -0.39 is 0 Å². The molecule has 25 heavy (non-hydrogen) atoms. The highest BCUT2D eigenvalue weighted by Crippen LogP contribution is 2.26. The molecule has 5 nitrogen and oxygen atoms in total. The van der Waals surface area contributed by atoms with Gasteiger partial charge in [0, 0.05) is 24.8 Å². The monoisotopic (exact) mass is 337 g/mol. The summed E-state index contributed by atoms with van der Waals surface area (Å²) in [5.41, 5.74) is 4.10. The highest BCUT2D eigenvalue weighted by atomic mass is 16.5. The summed E-state index contributed by atoms with van der Waals surface area (Å²) in [5.74, 6) is -0.264. The van der Waals surface area contributed by atoms with Crippen molar-refractivity contribution < 1.29 is 9.53 Å². The number of ether oxygens (including phenoxy) is 1. The van der Waals surface area contributed by atoms with E-state index in [1.807, 2.05) is 48.5 Å². The summed E-state index contributed by atoms with van der Waals surface area (Å²) in [6, 6.07) is 16.0. The zero-order chi connectivity index (χ0) is 18.1. The molecule has 0 fully saturated rings. The van der Waals surface area contributed by atoms with Crippen molar-refractivity contribution in [2.75, 3.05) is 26.0 Å². The van der Waals surface area contributed by atoms with Crippen molar-refractivity contribution in [1.29, 1.82) is 5.41 Å². The van der Waals surface area contributed by atoms with E-state index in [2.05, 4.69) is 15.4 Å². The Kier molecular flexibility index (Phi) is 6.77. The first-order valence-corrected chi connectivity index (χ1v) is 8.08. The van der Waals surface area contributed by atoms with Gasteiger partial charge >= 0.3 is 5.97 Å². The van der Waals surface area contributed by atoms with E-state index in [9.17, 15) is 4.79 Å². The first kappa shape index (κ1) is 18.3. The third-order valence-corrected chi connectivity index (χ3v) is 3.71. The number of anilines is 1. The lowest BCUT2D eigenvalue weighted by Gasteiger charge is -2.13. The normalized spacial score (nSPS) is 10.5. The molecule has 0 atom stereocenters. The second-order valence-corrected chi connectivity index (χ2v) is 5.41. The maximum atomic E-state index is 11.3. The van der Waals surface area contributed by atoms with E-state index >= 15 is 0 Å². The Morgan fingerprint density at radius 3 is 2.60 bits per heavy atom. The van der Waals surface area contributed by atoms with Gasteiger partial charge in [-0.05, 0) is 35.5 Å². The van der Waals surface area contributed by atoms with Gasteiger partial charge in [-0.2, -0.15) is 0 Å². The van der Waals surface area contributed by atoms with Crippen LogP contribution in [0.25, 0.3) is 11.1 Å². The van der Waals surface area contributed by atoms with Crippen LogP contribution in [0.1, 0.15) is 12.0 Å². The van der Waals surface area contributed by atoms with Crippen molar-refractivity contribution in [2.24, 2.45) is 0 Å². The number of methoxy groups -OCH3 is 1. The topological polar surface area (TPSA) is 74.2 Å². The molecule has 0 aliphatic heterocycles. The number of benzene rings is 2. The van der Waals surface area contributed by atoms with Crippen LogP contribution >= 0.6 is 0 Å². The largest absolute Gasteiger partial charge is 0.469 e. The van der Waals surface area contributed by atoms with Gasteiger partial charge in [0.1, 0.15) is 0 Å². The fraction of sp³-hybridized carbons (Fsp3) is 0.200. The zero-order valence-corrected chi connectivity index (χ0v) is 14.5. The van der Waals surface area contributed by atoms with E-state index in [0.29, 0.717) is 12.3 Å². The van der Waals surface area contributed by atoms with Gasteiger partial charge in [0.2, 0.25) is 0 Å². The molecule has 2 rings (SSSR count). The summed E-state index contributed by atoms with van der Waals surface area (Å²) < 4.78 is 4.66. The van der Waals surface area contributed by atoms with E-state index in [0.717, 1.165) is 22.4 Å². The summed E-state index contributed by atoms with van der Waals surface area (Å²) in [4.78, 5) is 11.3. The van der Waals surface area contributed by atoms with Crippen LogP contribution in [0.5, 0.6) is 0 Å². The van der Waals surface area contributed by atoms with Gasteiger partial charge in [0.05, 0.1) is 19.2 Å². The predicted octanol–water partition coefficient (Wildman–Crippen LogP) is 3.43. The minimum Gasteiger partial charge on any atom is -0.469 e. The van der Waals surface area contributed by atoms with Crippen LogP contribution in [0.4, 0.5) is 5.69 Å². The predicted molar refractivity (Wildman–Crippen MR) is 102 cm³/mol. The number of hydrogen-bond acceptors (Lipinski definition) is 5. The van der Waals surface area contributed by atoms with Crippen molar-refractivity contribution in [2.45, 2.75) is 6.42 Å². The molecule has 2 aromatic carbocycles. The molecule has 0 bridgehead atoms. The van der Waals surface area contributed by atoms with Gasteiger partial charge in [-0.3, -0.25) is 4.79 Å². The number of carbonyl (C=O) groups excluding carboxylic acids is 1. The molecular weight excluding hydrogens is 314 g/mol. The van der Waals surface area contributed by atoms with Crippen molar-refractivity contribution in [3.8, 4) is 11.1 Å². The Morgan fingerprint density at radius 2 is 1.92 bits per heavy atom. The first-order valence-electron chi connectivity index (χ1n) is 8.08. The Bertz CT molecular complexity index is 755. The molecule has 0 amide bonds. The highest BCUT2D eigenvalue weighted by Gasteiger charge is 2.09. The second-order valence-electron chi connectivity index (χ2n) is 5.41. The van der Waals surface area contributed by atoms with Gasteiger partial charge in [0.25, 0.3) is 0 Å². The standard InChI is InChI=1S/C20H23N3O2/c1-22-12-10-18(21)17-14-16(15-6-4-3-5-7-15)8-9-19(17)23-13-11-20(24)25-2/h3-10,12,14,21-23H,11,13H2,1-2H3/b12-10-,21-18?. The number of hydrogen-bond donors (Lipinski definition) is 3. The van der Waals surface area contributed by atoms with Crippen LogP contribution in [0.3, 0.4) is 0 Å². The van der Waals surface area contributed by atoms with Crippen LogP contribution in [0, 0.1) is 5.41 Å². The molecule has 0 saturated heterocycles. The van der Waals surface area contributed by atoms with E-state index in [1.165, 1.54) is 7.11 Å². The average Bonchev–Trinajstić information content (AvgIpc) is 2.66. The minimum absolute atomic E-state index is 0.264. The van der Waals surface area contributed by atoms with E-state index in [4.69, 9.17) is 5.41 Å². The van der Waals surface area contributed by atoms with Crippen molar-refractivity contribution in [1.82, 2.24) is 5.32 Å². The van der Waals surface area contributed by atoms with E-state index in [-0.39, 0.29) is 12.4 Å². The van der Waals surface area contributed by atoms with Gasteiger partial charge < -0.3 is 20.8 Å². The average molecular weight is 337 g/mol. The lowest BCUT2D eigenvalue weighted by molar-refractivity contribution is -0.140. The van der Waals surface area contributed by atoms with Gasteiger partial charge in [0.15, 0.2) is 0 Å². The number of allylic oxidation sites excluding steroid dienone is 1. The molecule has 0 aliphatic carbocycles. The van der Waals surface area contributed by atoms with Gasteiger partial charge in [-0.1, -0.05) is 36.4 Å². The summed E-state index contributed by atoms with van der Waals surface area (Å²) >= 11 is 0. The molecular formula is C20H23N3O2. The molecule has 0 radical (unpaired) electrons. The molecule has 0 aromatic heterocycles. The smallest absolute Gasteiger partial charge is 0.307 e. The molecule has 0 heterocycles. The number of carbonyl (C=O) groups is 1. The first-order chi connectivity index (χ1) is 12.2. The molecule has 0 spiro atoms. The fourth-order valence-electron chi connectivity index (χ4n) is 2.39. The summed E-state index contributed by atoms with van der Waals surface area (Å²) in [7, 11) is 3.17. The van der Waals surface area contributed by atoms with Crippen LogP contribution in [-0.4, -0.2) is 32.4 Å². The van der Waals surface area contributed by atoms with Crippen LogP contribution in [0.15, 0.2) is 60.8 Å². The third-order valence-electron chi connectivity index (χ3n) is 3.71. The fourth-order valence-corrected chi connectivity index (χ4v) is 2.39. The molecule has 2 aromatic rings. The zero-order valence-electron chi connectivity index (χ0n) is 14.5. The summed E-state index contributed by atoms with van der Waals surface area (Å²) in [6.45, 7) is 0.452. The Morgan fingerprint density at radius 1 is 1.16 bits per heavy atom. The highest BCUT2D eigenvalue weighted by molar-refractivity contribution is 6.10. The second kappa shape index (κ2) is 9.27. The number of nitrogens with one attached hydrogen (secondary N) is 3. The van der Waals surface area contributed by atoms with Crippen LogP contribution in [-0.2, 0) is 9.53 Å². The molecule has 3 N–H and O–H groups in total. The number of rotatable bonds is 8. The Labute approximate surface area is 148 Å². The quantitative estimate of drug-likeness (QED) is 0.510. The lowest BCUT2D eigenvalue weighted by atomic mass is 9.99. The van der Waals surface area contributed by atoms with Crippen LogP contribution in [0.2, 0.25) is 0 Å². The third kappa shape index (κ3) is 5.21. The maximum Gasteiger partial charge on any atom is 0.307 e. The molecule has 0 aliphatic rings. The molecule has 0 saturated carbocycles. The summed E-state index contributed by atoms with van der Waals surface area (Å²) in [5, 5.41) is 14.4. The van der Waals surface area contributed by atoms with Crippen molar-refractivity contribution in [3.63, 3.8) is 0 Å². The lowest BCUT2D eigenvalue weighted by Crippen LogP contribution is -2.12. The Balaban J connectivity index is 2.29. The molecule has 5 heteroatoms. The van der Waals surface area contributed by atoms with Crippen molar-refractivity contribution in [3.05, 3.63) is 66.4 Å². The van der Waals surface area contributed by atoms with Gasteiger partial charge in [-0.15, -0.1) is 0 Å².